The first kappa shape index (κ1) is 14.8. The molecule has 0 heterocycles. The molecule has 0 saturated carbocycles. The number of Topliss-reactive ketones (excluding diaryl/α,β-unsaturated/α-hetero) is 3. The van der Waals surface area contributed by atoms with Gasteiger partial charge in [-0.25, -0.2) is 4.79 Å². The van der Waals surface area contributed by atoms with Gasteiger partial charge in [-0.1, -0.05) is 24.3 Å². The van der Waals surface area contributed by atoms with Crippen LogP contribution in [0.4, 0.5) is 0 Å². The van der Waals surface area contributed by atoms with Crippen LogP contribution in [0.5, 0.6) is 0 Å². The summed E-state index contributed by atoms with van der Waals surface area (Å²) in [6.07, 6.45) is -0.530. The molecule has 0 unspecified atom stereocenters. The van der Waals surface area contributed by atoms with Gasteiger partial charge < -0.3 is 4.74 Å². The van der Waals surface area contributed by atoms with Crippen molar-refractivity contribution >= 4 is 23.3 Å². The van der Waals surface area contributed by atoms with Gasteiger partial charge in [-0.05, 0) is 13.8 Å². The molecule has 0 N–H and O–H groups in total. The van der Waals surface area contributed by atoms with E-state index in [0.29, 0.717) is 5.56 Å². The van der Waals surface area contributed by atoms with Crippen molar-refractivity contribution in [2.24, 2.45) is 0 Å². The molecule has 1 aromatic rings. The lowest BCUT2D eigenvalue weighted by Crippen LogP contribution is -2.20. The van der Waals surface area contributed by atoms with Crippen LogP contribution in [0.25, 0.3) is 0 Å². The Balaban J connectivity index is 2.70. The molecule has 0 aromatic heterocycles. The van der Waals surface area contributed by atoms with E-state index in [1.165, 1.54) is 31.2 Å². The van der Waals surface area contributed by atoms with Crippen LogP contribution in [0.3, 0.4) is 0 Å². The second-order valence-corrected chi connectivity index (χ2v) is 3.88. The van der Waals surface area contributed by atoms with Crippen molar-refractivity contribution in [1.29, 1.82) is 0 Å². The van der Waals surface area contributed by atoms with E-state index in [9.17, 15) is 19.2 Å². The number of benzene rings is 1. The third-order valence-corrected chi connectivity index (χ3v) is 2.44. The Labute approximate surface area is 110 Å². The molecule has 0 aliphatic carbocycles. The van der Waals surface area contributed by atoms with Crippen molar-refractivity contribution < 1.29 is 23.9 Å². The Kier molecular flexibility index (Phi) is 5.11. The number of hydrogen-bond donors (Lipinski definition) is 0. The lowest BCUT2D eigenvalue weighted by molar-refractivity contribution is -0.153. The molecule has 0 bridgehead atoms. The number of rotatable bonds is 6. The zero-order valence-corrected chi connectivity index (χ0v) is 10.8. The van der Waals surface area contributed by atoms with Crippen LogP contribution in [-0.4, -0.2) is 29.9 Å². The minimum absolute atomic E-state index is 0.0894. The summed E-state index contributed by atoms with van der Waals surface area (Å²) in [4.78, 5) is 45.2. The number of carbonyl (C=O) groups is 4. The van der Waals surface area contributed by atoms with Gasteiger partial charge in [0.25, 0.3) is 0 Å². The van der Waals surface area contributed by atoms with E-state index in [4.69, 9.17) is 0 Å². The van der Waals surface area contributed by atoms with Crippen LogP contribution in [-0.2, 0) is 14.3 Å². The molecule has 5 heteroatoms. The fourth-order valence-corrected chi connectivity index (χ4v) is 1.42. The van der Waals surface area contributed by atoms with Gasteiger partial charge in [0.05, 0.1) is 13.0 Å². The maximum absolute atomic E-state index is 11.7. The van der Waals surface area contributed by atoms with E-state index in [1.54, 1.807) is 6.92 Å². The van der Waals surface area contributed by atoms with Crippen molar-refractivity contribution in [1.82, 2.24) is 0 Å². The summed E-state index contributed by atoms with van der Waals surface area (Å²) in [5.74, 6) is -2.46. The standard InChI is InChI=1S/C14H14O5/c1-3-19-14(18)13(17)8-12(16)11-6-4-10(5-7-11)9(2)15/h4-7H,3,8H2,1-2H3. The second-order valence-electron chi connectivity index (χ2n) is 3.88. The minimum atomic E-state index is -1.00. The van der Waals surface area contributed by atoms with E-state index < -0.39 is 24.0 Å². The molecule has 0 aliphatic rings. The highest BCUT2D eigenvalue weighted by Crippen LogP contribution is 2.08. The predicted octanol–water partition coefficient (Wildman–Crippen LogP) is 1.59. The molecule has 5 nitrogen and oxygen atoms in total. The van der Waals surface area contributed by atoms with Gasteiger partial charge in [-0.3, -0.25) is 14.4 Å². The Morgan fingerprint density at radius 2 is 1.53 bits per heavy atom. The summed E-state index contributed by atoms with van der Waals surface area (Å²) < 4.78 is 4.51. The molecular formula is C14H14O5. The third-order valence-electron chi connectivity index (χ3n) is 2.44. The zero-order chi connectivity index (χ0) is 14.4. The highest BCUT2D eigenvalue weighted by atomic mass is 16.5. The summed E-state index contributed by atoms with van der Waals surface area (Å²) in [5.41, 5.74) is 0.760. The van der Waals surface area contributed by atoms with Gasteiger partial charge in [0.1, 0.15) is 0 Å². The van der Waals surface area contributed by atoms with Crippen molar-refractivity contribution in [3.8, 4) is 0 Å². The van der Waals surface area contributed by atoms with Gasteiger partial charge in [0, 0.05) is 11.1 Å². The lowest BCUT2D eigenvalue weighted by Gasteiger charge is -2.02. The first-order valence-corrected chi connectivity index (χ1v) is 5.79. The quantitative estimate of drug-likeness (QED) is 0.337. The molecule has 0 spiro atoms. The number of hydrogen-bond acceptors (Lipinski definition) is 5. The molecule has 1 rings (SSSR count). The molecule has 0 fully saturated rings. The average molecular weight is 262 g/mol. The fraction of sp³-hybridized carbons (Fsp3) is 0.286. The predicted molar refractivity (Wildman–Crippen MR) is 67.0 cm³/mol. The third kappa shape index (κ3) is 4.13. The SMILES string of the molecule is CCOC(=O)C(=O)CC(=O)c1ccc(C(C)=O)cc1. The number of esters is 1. The van der Waals surface area contributed by atoms with Crippen molar-refractivity contribution in [3.63, 3.8) is 0 Å². The molecule has 0 atom stereocenters. The Morgan fingerprint density at radius 3 is 2.00 bits per heavy atom. The molecule has 0 saturated heterocycles. The van der Waals surface area contributed by atoms with E-state index in [2.05, 4.69) is 4.74 Å². The van der Waals surface area contributed by atoms with Gasteiger partial charge in [0.15, 0.2) is 11.6 Å². The Bertz CT molecular complexity index is 513. The van der Waals surface area contributed by atoms with Crippen LogP contribution in [0, 0.1) is 0 Å². The number of ether oxygens (including phenoxy) is 1. The van der Waals surface area contributed by atoms with Crippen LogP contribution >= 0.6 is 0 Å². The van der Waals surface area contributed by atoms with Gasteiger partial charge >= 0.3 is 5.97 Å². The molecule has 100 valence electrons. The summed E-state index contributed by atoms with van der Waals surface area (Å²) in [7, 11) is 0. The summed E-state index contributed by atoms with van der Waals surface area (Å²) >= 11 is 0. The van der Waals surface area contributed by atoms with Crippen LogP contribution < -0.4 is 0 Å². The first-order chi connectivity index (χ1) is 8.95. The summed E-state index contributed by atoms with van der Waals surface area (Å²) in [5, 5.41) is 0. The van der Waals surface area contributed by atoms with E-state index in [1.807, 2.05) is 0 Å². The van der Waals surface area contributed by atoms with E-state index in [-0.39, 0.29) is 18.0 Å². The molecule has 1 aromatic carbocycles. The maximum Gasteiger partial charge on any atom is 0.375 e. The first-order valence-electron chi connectivity index (χ1n) is 5.79. The van der Waals surface area contributed by atoms with Gasteiger partial charge in [0.2, 0.25) is 5.78 Å². The Hall–Kier alpha value is -2.30. The highest BCUT2D eigenvalue weighted by Gasteiger charge is 2.19. The average Bonchev–Trinajstić information content (AvgIpc) is 2.38. The fourth-order valence-electron chi connectivity index (χ4n) is 1.42. The molecule has 0 aliphatic heterocycles. The second kappa shape index (κ2) is 6.58. The maximum atomic E-state index is 11.7. The number of ketones is 3. The molecular weight excluding hydrogens is 248 g/mol. The van der Waals surface area contributed by atoms with Gasteiger partial charge in [-0.15, -0.1) is 0 Å². The van der Waals surface area contributed by atoms with E-state index in [0.717, 1.165) is 0 Å². The van der Waals surface area contributed by atoms with Gasteiger partial charge in [-0.2, -0.15) is 0 Å². The normalized spacial score (nSPS) is 9.79. The van der Waals surface area contributed by atoms with Crippen molar-refractivity contribution in [2.45, 2.75) is 20.3 Å². The summed E-state index contributed by atoms with van der Waals surface area (Å²) in [6, 6.07) is 5.92. The van der Waals surface area contributed by atoms with Crippen molar-refractivity contribution in [2.75, 3.05) is 6.61 Å². The largest absolute Gasteiger partial charge is 0.460 e. The molecule has 0 radical (unpaired) electrons. The monoisotopic (exact) mass is 262 g/mol. The smallest absolute Gasteiger partial charge is 0.375 e. The highest BCUT2D eigenvalue weighted by molar-refractivity contribution is 6.38. The van der Waals surface area contributed by atoms with Crippen molar-refractivity contribution in [3.05, 3.63) is 35.4 Å². The summed E-state index contributed by atoms with van der Waals surface area (Å²) in [6.45, 7) is 3.08. The Morgan fingerprint density at radius 1 is 1.00 bits per heavy atom. The van der Waals surface area contributed by atoms with Crippen LogP contribution in [0.2, 0.25) is 0 Å². The lowest BCUT2D eigenvalue weighted by atomic mass is 10.0. The minimum Gasteiger partial charge on any atom is -0.460 e. The zero-order valence-electron chi connectivity index (χ0n) is 10.8. The number of carbonyl (C=O) groups excluding carboxylic acids is 4. The molecule has 19 heavy (non-hydrogen) atoms. The van der Waals surface area contributed by atoms with Crippen LogP contribution in [0.15, 0.2) is 24.3 Å². The topological polar surface area (TPSA) is 77.5 Å². The van der Waals surface area contributed by atoms with E-state index >= 15 is 0 Å². The molecule has 0 amide bonds. The van der Waals surface area contributed by atoms with Crippen LogP contribution in [0.1, 0.15) is 41.0 Å².